The lowest BCUT2D eigenvalue weighted by Gasteiger charge is -2.29. The van der Waals surface area contributed by atoms with Crippen molar-refractivity contribution in [2.45, 2.75) is 45.2 Å². The molecule has 0 fully saturated rings. The minimum absolute atomic E-state index is 0.0652. The molecule has 0 aliphatic rings. The number of nitrogens with two attached hydrogens (primary N) is 3. The normalized spacial score (nSPS) is 12.9. The van der Waals surface area contributed by atoms with E-state index < -0.39 is 23.9 Å². The smallest absolute Gasteiger partial charge is 0.261 e. The van der Waals surface area contributed by atoms with Gasteiger partial charge in [0.05, 0.1) is 12.1 Å². The summed E-state index contributed by atoms with van der Waals surface area (Å²) >= 11 is 5.96. The summed E-state index contributed by atoms with van der Waals surface area (Å²) in [5.41, 5.74) is 16.8. The predicted molar refractivity (Wildman–Crippen MR) is 110 cm³/mol. The Morgan fingerprint density at radius 1 is 1.29 bits per heavy atom. The maximum Gasteiger partial charge on any atom is 0.261 e. The molecule has 8 nitrogen and oxygen atoms in total. The number of guanidine groups is 1. The molecule has 0 saturated carbocycles. The molecule has 0 saturated heterocycles. The molecule has 1 rings (SSSR count). The predicted octanol–water partition coefficient (Wildman–Crippen LogP) is 1.30. The Morgan fingerprint density at radius 3 is 2.50 bits per heavy atom. The van der Waals surface area contributed by atoms with Crippen molar-refractivity contribution in [3.8, 4) is 0 Å². The van der Waals surface area contributed by atoms with E-state index in [1.165, 1.54) is 12.1 Å². The van der Waals surface area contributed by atoms with E-state index in [2.05, 4.69) is 4.99 Å². The van der Waals surface area contributed by atoms with Gasteiger partial charge in [-0.1, -0.05) is 31.5 Å². The molecule has 6 N–H and O–H groups in total. The van der Waals surface area contributed by atoms with Crippen molar-refractivity contribution >= 4 is 35.7 Å². The minimum atomic E-state index is -0.980. The first-order valence-corrected chi connectivity index (χ1v) is 9.44. The highest BCUT2D eigenvalue weighted by Crippen LogP contribution is 2.18. The lowest BCUT2D eigenvalue weighted by atomic mass is 10.0. The van der Waals surface area contributed by atoms with Gasteiger partial charge in [-0.25, -0.2) is 0 Å². The van der Waals surface area contributed by atoms with Crippen LogP contribution in [0.4, 0.5) is 0 Å². The Hall–Kier alpha value is -2.45. The molecule has 0 bridgehead atoms. The van der Waals surface area contributed by atoms with Crippen molar-refractivity contribution in [3.05, 3.63) is 34.9 Å². The number of carbonyl (C=O) groups is 3. The van der Waals surface area contributed by atoms with E-state index >= 15 is 0 Å². The van der Waals surface area contributed by atoms with Crippen LogP contribution in [0.5, 0.6) is 0 Å². The van der Waals surface area contributed by atoms with Crippen LogP contribution in [0.3, 0.4) is 0 Å². The second kappa shape index (κ2) is 11.4. The summed E-state index contributed by atoms with van der Waals surface area (Å²) in [7, 11) is 0. The van der Waals surface area contributed by atoms with E-state index in [0.29, 0.717) is 24.2 Å². The highest BCUT2D eigenvalue weighted by Gasteiger charge is 2.33. The highest BCUT2D eigenvalue weighted by molar-refractivity contribution is 6.31. The maximum absolute atomic E-state index is 13.0. The van der Waals surface area contributed by atoms with Crippen LogP contribution in [-0.4, -0.2) is 47.6 Å². The number of benzene rings is 1. The van der Waals surface area contributed by atoms with Crippen molar-refractivity contribution in [2.24, 2.45) is 28.1 Å². The van der Waals surface area contributed by atoms with Gasteiger partial charge < -0.3 is 22.0 Å². The van der Waals surface area contributed by atoms with Crippen molar-refractivity contribution in [3.63, 3.8) is 0 Å². The Kier molecular flexibility index (Phi) is 9.61. The van der Waals surface area contributed by atoms with E-state index in [0.717, 1.165) is 4.90 Å². The zero-order valence-electron chi connectivity index (χ0n) is 16.2. The first-order chi connectivity index (χ1) is 13.2. The topological polar surface area (TPSA) is 145 Å². The van der Waals surface area contributed by atoms with Crippen molar-refractivity contribution < 1.29 is 14.4 Å². The van der Waals surface area contributed by atoms with Gasteiger partial charge in [-0.2, -0.15) is 0 Å². The SMILES string of the molecule is CC(C)C[C@H](N)C(=O)N(C(=O)c1cccc(Cl)c1)[C@H](C=O)CCCN=C(N)N. The number of halogens is 1. The first-order valence-electron chi connectivity index (χ1n) is 9.06. The van der Waals surface area contributed by atoms with E-state index in [9.17, 15) is 14.4 Å². The number of rotatable bonds is 10. The Morgan fingerprint density at radius 2 is 1.96 bits per heavy atom. The van der Waals surface area contributed by atoms with Gasteiger partial charge in [-0.05, 0) is 43.4 Å². The van der Waals surface area contributed by atoms with Crippen LogP contribution in [-0.2, 0) is 9.59 Å². The Bertz CT molecular complexity index is 719. The fourth-order valence-corrected chi connectivity index (χ4v) is 2.92. The second-order valence-corrected chi connectivity index (χ2v) is 7.35. The molecule has 0 spiro atoms. The van der Waals surface area contributed by atoms with Crippen LogP contribution in [0.25, 0.3) is 0 Å². The number of hydrogen-bond donors (Lipinski definition) is 3. The summed E-state index contributed by atoms with van der Waals surface area (Å²) in [5.74, 6) is -1.13. The molecule has 2 atom stereocenters. The quantitative estimate of drug-likeness (QED) is 0.230. The number of hydrogen-bond acceptors (Lipinski definition) is 5. The number of aliphatic imine (C=N–C) groups is 1. The van der Waals surface area contributed by atoms with Gasteiger partial charge in [0, 0.05) is 17.1 Å². The minimum Gasteiger partial charge on any atom is -0.370 e. The number of carbonyl (C=O) groups excluding carboxylic acids is 3. The molecule has 0 aliphatic carbocycles. The van der Waals surface area contributed by atoms with Crippen LogP contribution in [0, 0.1) is 5.92 Å². The maximum atomic E-state index is 13.0. The van der Waals surface area contributed by atoms with Gasteiger partial charge in [0.25, 0.3) is 5.91 Å². The zero-order valence-corrected chi connectivity index (χ0v) is 16.9. The van der Waals surface area contributed by atoms with Crippen molar-refractivity contribution in [1.82, 2.24) is 4.90 Å². The molecule has 0 radical (unpaired) electrons. The van der Waals surface area contributed by atoms with Gasteiger partial charge >= 0.3 is 0 Å². The number of aldehydes is 1. The van der Waals surface area contributed by atoms with Crippen LogP contribution in [0.15, 0.2) is 29.3 Å². The molecule has 0 aliphatic heterocycles. The lowest BCUT2D eigenvalue weighted by molar-refractivity contribution is -0.135. The fraction of sp³-hybridized carbons (Fsp3) is 0.474. The third-order valence-electron chi connectivity index (χ3n) is 4.01. The van der Waals surface area contributed by atoms with Gasteiger partial charge in [-0.3, -0.25) is 19.5 Å². The van der Waals surface area contributed by atoms with E-state index in [-0.39, 0.29) is 30.4 Å². The Balaban J connectivity index is 3.13. The highest BCUT2D eigenvalue weighted by atomic mass is 35.5. The summed E-state index contributed by atoms with van der Waals surface area (Å²) in [6, 6.07) is 4.31. The zero-order chi connectivity index (χ0) is 21.3. The van der Waals surface area contributed by atoms with Crippen LogP contribution < -0.4 is 17.2 Å². The average Bonchev–Trinajstić information content (AvgIpc) is 2.62. The monoisotopic (exact) mass is 409 g/mol. The first kappa shape index (κ1) is 23.6. The van der Waals surface area contributed by atoms with Crippen LogP contribution in [0.1, 0.15) is 43.5 Å². The number of amides is 2. The van der Waals surface area contributed by atoms with E-state index in [1.54, 1.807) is 12.1 Å². The molecule has 9 heteroatoms. The van der Waals surface area contributed by atoms with E-state index in [4.69, 9.17) is 28.8 Å². The van der Waals surface area contributed by atoms with Gasteiger partial charge in [0.15, 0.2) is 5.96 Å². The molecule has 0 heterocycles. The summed E-state index contributed by atoms with van der Waals surface area (Å²) < 4.78 is 0. The number of nitrogens with zero attached hydrogens (tertiary/aromatic N) is 2. The van der Waals surface area contributed by atoms with Crippen molar-refractivity contribution in [1.29, 1.82) is 0 Å². The Labute approximate surface area is 170 Å². The van der Waals surface area contributed by atoms with Gasteiger partial charge in [0.2, 0.25) is 5.91 Å². The summed E-state index contributed by atoms with van der Waals surface area (Å²) in [5, 5.41) is 0.347. The number of imide groups is 1. The molecule has 0 aromatic heterocycles. The second-order valence-electron chi connectivity index (χ2n) is 6.91. The third kappa shape index (κ3) is 7.28. The largest absolute Gasteiger partial charge is 0.370 e. The summed E-state index contributed by atoms with van der Waals surface area (Å²) in [4.78, 5) is 42.5. The third-order valence-corrected chi connectivity index (χ3v) is 4.25. The molecule has 154 valence electrons. The molecule has 1 aromatic rings. The average molecular weight is 410 g/mol. The van der Waals surface area contributed by atoms with Crippen LogP contribution >= 0.6 is 11.6 Å². The summed E-state index contributed by atoms with van der Waals surface area (Å²) in [6.45, 7) is 4.11. The molecular weight excluding hydrogens is 382 g/mol. The van der Waals surface area contributed by atoms with E-state index in [1.807, 2.05) is 13.8 Å². The van der Waals surface area contributed by atoms with Gasteiger partial charge in [0.1, 0.15) is 6.29 Å². The molecular formula is C19H28ClN5O3. The lowest BCUT2D eigenvalue weighted by Crippen LogP contribution is -2.52. The molecule has 0 unspecified atom stereocenters. The van der Waals surface area contributed by atoms with Crippen LogP contribution in [0.2, 0.25) is 5.02 Å². The molecule has 2 amide bonds. The standard InChI is InChI=1S/C19H28ClN5O3/c1-12(2)9-16(21)18(28)25(15(11-26)7-4-8-24-19(22)23)17(27)13-5-3-6-14(20)10-13/h3,5-6,10-12,15-16H,4,7-9,21H2,1-2H3,(H4,22,23,24)/t15-,16-/m0/s1. The van der Waals surface area contributed by atoms with Gasteiger partial charge in [-0.15, -0.1) is 0 Å². The summed E-state index contributed by atoms with van der Waals surface area (Å²) in [6.07, 6.45) is 1.58. The molecule has 28 heavy (non-hydrogen) atoms. The fourth-order valence-electron chi connectivity index (χ4n) is 2.73. The van der Waals surface area contributed by atoms with Crippen molar-refractivity contribution in [2.75, 3.05) is 6.54 Å². The molecule has 1 aromatic carbocycles.